The molecule has 0 bridgehead atoms. The van der Waals surface area contributed by atoms with Gasteiger partial charge in [0.25, 0.3) is 0 Å². The van der Waals surface area contributed by atoms with Gasteiger partial charge in [-0.25, -0.2) is 0 Å². The second-order valence-corrected chi connectivity index (χ2v) is 3.77. The SMILES string of the molecule is F[I-]Cc1cccc(C(F)(F)F)c1. The molecular formula is C8H6F4I-. The maximum absolute atomic E-state index is 12.1. The van der Waals surface area contributed by atoms with Crippen molar-refractivity contribution in [3.05, 3.63) is 35.4 Å². The van der Waals surface area contributed by atoms with Gasteiger partial charge in [-0.1, -0.05) is 0 Å². The molecule has 0 atom stereocenters. The van der Waals surface area contributed by atoms with Crippen molar-refractivity contribution in [1.29, 1.82) is 0 Å². The number of hydrogen-bond donors (Lipinski definition) is 0. The van der Waals surface area contributed by atoms with E-state index in [4.69, 9.17) is 0 Å². The van der Waals surface area contributed by atoms with Gasteiger partial charge in [0, 0.05) is 0 Å². The molecule has 0 N–H and O–H groups in total. The minimum atomic E-state index is -4.33. The van der Waals surface area contributed by atoms with E-state index in [1.54, 1.807) is 0 Å². The van der Waals surface area contributed by atoms with Crippen molar-refractivity contribution in [2.24, 2.45) is 0 Å². The zero-order valence-corrected chi connectivity index (χ0v) is 8.56. The maximum atomic E-state index is 12.1. The Kier molecular flexibility index (Phi) is 3.52. The molecule has 1 aromatic carbocycles. The Morgan fingerprint density at radius 2 is 1.92 bits per heavy atom. The van der Waals surface area contributed by atoms with Crippen LogP contribution in [-0.2, 0) is 10.6 Å². The Labute approximate surface area is 84.0 Å². The molecule has 0 aliphatic carbocycles. The first kappa shape index (κ1) is 10.7. The number of rotatable bonds is 2. The monoisotopic (exact) mass is 305 g/mol. The summed E-state index contributed by atoms with van der Waals surface area (Å²) in [5.41, 5.74) is -0.285. The van der Waals surface area contributed by atoms with E-state index in [1.165, 1.54) is 12.1 Å². The van der Waals surface area contributed by atoms with E-state index in [1.807, 2.05) is 0 Å². The molecule has 0 aliphatic rings. The second-order valence-electron chi connectivity index (χ2n) is 2.43. The molecule has 0 saturated carbocycles. The molecule has 0 aromatic heterocycles. The average molecular weight is 305 g/mol. The summed E-state index contributed by atoms with van der Waals surface area (Å²) >= 11 is -1.49. The van der Waals surface area contributed by atoms with E-state index >= 15 is 0 Å². The summed E-state index contributed by atoms with van der Waals surface area (Å²) in [7, 11) is 0. The van der Waals surface area contributed by atoms with Gasteiger partial charge in [-0.3, -0.25) is 0 Å². The molecule has 0 unspecified atom stereocenters. The molecule has 0 saturated heterocycles. The number of benzene rings is 1. The van der Waals surface area contributed by atoms with Crippen LogP contribution in [0.4, 0.5) is 16.0 Å². The quantitative estimate of drug-likeness (QED) is 0.415. The van der Waals surface area contributed by atoms with Crippen molar-refractivity contribution in [2.75, 3.05) is 0 Å². The Hall–Kier alpha value is -0.330. The van der Waals surface area contributed by atoms with Crippen molar-refractivity contribution >= 4 is 0 Å². The van der Waals surface area contributed by atoms with E-state index in [0.29, 0.717) is 5.56 Å². The zero-order valence-electron chi connectivity index (χ0n) is 6.41. The predicted octanol–water partition coefficient (Wildman–Crippen LogP) is 0.179. The van der Waals surface area contributed by atoms with Crippen LogP contribution in [0.5, 0.6) is 0 Å². The Morgan fingerprint density at radius 3 is 2.46 bits per heavy atom. The minimum absolute atomic E-state index is 0.142. The summed E-state index contributed by atoms with van der Waals surface area (Å²) in [4.78, 5) is 0. The van der Waals surface area contributed by atoms with Crippen LogP contribution in [-0.4, -0.2) is 0 Å². The third-order valence-electron chi connectivity index (χ3n) is 1.46. The molecule has 1 aromatic rings. The van der Waals surface area contributed by atoms with Crippen LogP contribution in [0.15, 0.2) is 24.3 Å². The molecule has 0 radical (unpaired) electrons. The molecule has 5 heteroatoms. The zero-order chi connectivity index (χ0) is 9.90. The molecule has 74 valence electrons. The normalized spacial score (nSPS) is 12.0. The van der Waals surface area contributed by atoms with Crippen LogP contribution < -0.4 is 21.8 Å². The molecule has 13 heavy (non-hydrogen) atoms. The van der Waals surface area contributed by atoms with E-state index < -0.39 is 33.5 Å². The summed E-state index contributed by atoms with van der Waals surface area (Å²) in [5.74, 6) is 0. The van der Waals surface area contributed by atoms with Gasteiger partial charge in [0.15, 0.2) is 0 Å². The molecular weight excluding hydrogens is 299 g/mol. The third kappa shape index (κ3) is 3.13. The van der Waals surface area contributed by atoms with Crippen LogP contribution in [0, 0.1) is 0 Å². The van der Waals surface area contributed by atoms with E-state index in [9.17, 15) is 16.0 Å². The number of hydrogen-bond acceptors (Lipinski definition) is 0. The first-order valence-electron chi connectivity index (χ1n) is 3.40. The van der Waals surface area contributed by atoms with E-state index in [-0.39, 0.29) is 4.43 Å². The third-order valence-corrected chi connectivity index (χ3v) is 2.63. The standard InChI is InChI=1S/C8H6F4I/c9-8(10,11)7-3-1-2-6(4-7)5-13-12/h1-4H,5H2/q-1. The number of halogens is 5. The van der Waals surface area contributed by atoms with Crippen LogP contribution in [0.2, 0.25) is 0 Å². The molecule has 1 rings (SSSR count). The summed E-state index contributed by atoms with van der Waals surface area (Å²) in [6, 6.07) is 4.80. The Bertz CT molecular complexity index is 282. The molecule has 0 spiro atoms. The van der Waals surface area contributed by atoms with Gasteiger partial charge in [0.1, 0.15) is 0 Å². The van der Waals surface area contributed by atoms with Crippen LogP contribution in [0.1, 0.15) is 11.1 Å². The van der Waals surface area contributed by atoms with Crippen molar-refractivity contribution in [3.63, 3.8) is 0 Å². The van der Waals surface area contributed by atoms with Gasteiger partial charge in [0.2, 0.25) is 0 Å². The van der Waals surface area contributed by atoms with Gasteiger partial charge < -0.3 is 0 Å². The molecule has 0 aliphatic heterocycles. The van der Waals surface area contributed by atoms with Gasteiger partial charge in [-0.05, 0) is 0 Å². The first-order chi connectivity index (χ1) is 6.04. The summed E-state index contributed by atoms with van der Waals surface area (Å²) in [6.07, 6.45) is -4.33. The summed E-state index contributed by atoms with van der Waals surface area (Å²) in [5, 5.41) is 0. The second kappa shape index (κ2) is 4.26. The van der Waals surface area contributed by atoms with Crippen molar-refractivity contribution in [1.82, 2.24) is 0 Å². The Morgan fingerprint density at radius 1 is 1.23 bits per heavy atom. The summed E-state index contributed by atoms with van der Waals surface area (Å²) in [6.45, 7) is 0. The topological polar surface area (TPSA) is 0 Å². The fourth-order valence-electron chi connectivity index (χ4n) is 0.889. The van der Waals surface area contributed by atoms with Crippen molar-refractivity contribution < 1.29 is 37.8 Å². The molecule has 0 fully saturated rings. The molecule has 0 amide bonds. The van der Waals surface area contributed by atoms with Crippen LogP contribution in [0.3, 0.4) is 0 Å². The summed E-state index contributed by atoms with van der Waals surface area (Å²) < 4.78 is 48.4. The van der Waals surface area contributed by atoms with Gasteiger partial charge in [-0.15, -0.1) is 0 Å². The van der Waals surface area contributed by atoms with Crippen molar-refractivity contribution in [3.8, 4) is 0 Å². The average Bonchev–Trinajstić information content (AvgIpc) is 2.04. The first-order valence-corrected chi connectivity index (χ1v) is 5.74. The van der Waals surface area contributed by atoms with Crippen LogP contribution >= 0.6 is 0 Å². The van der Waals surface area contributed by atoms with E-state index in [2.05, 4.69) is 0 Å². The van der Waals surface area contributed by atoms with Crippen LogP contribution in [0.25, 0.3) is 0 Å². The van der Waals surface area contributed by atoms with Crippen molar-refractivity contribution in [2.45, 2.75) is 10.6 Å². The molecule has 0 nitrogen and oxygen atoms in total. The van der Waals surface area contributed by atoms with Gasteiger partial charge in [0.05, 0.1) is 0 Å². The predicted molar refractivity (Wildman–Crippen MR) is 36.3 cm³/mol. The Balaban J connectivity index is 2.92. The fourth-order valence-corrected chi connectivity index (χ4v) is 1.70. The molecule has 0 heterocycles. The van der Waals surface area contributed by atoms with Gasteiger partial charge in [-0.2, -0.15) is 0 Å². The van der Waals surface area contributed by atoms with E-state index in [0.717, 1.165) is 12.1 Å². The number of alkyl halides is 4. The fraction of sp³-hybridized carbons (Fsp3) is 0.250. The van der Waals surface area contributed by atoms with Gasteiger partial charge >= 0.3 is 83.8 Å².